The van der Waals surface area contributed by atoms with Gasteiger partial charge in [-0.25, -0.2) is 0 Å². The largest absolute Gasteiger partial charge is 0.462 e. The van der Waals surface area contributed by atoms with Crippen LogP contribution in [-0.4, -0.2) is 36.4 Å². The van der Waals surface area contributed by atoms with E-state index in [9.17, 15) is 14.7 Å². The van der Waals surface area contributed by atoms with E-state index in [1.165, 1.54) is 38.5 Å². The van der Waals surface area contributed by atoms with Crippen molar-refractivity contribution >= 4 is 11.9 Å². The van der Waals surface area contributed by atoms with Gasteiger partial charge < -0.3 is 14.6 Å². The van der Waals surface area contributed by atoms with Crippen LogP contribution in [0.3, 0.4) is 0 Å². The second-order valence-corrected chi connectivity index (χ2v) is 13.0. The Morgan fingerprint density at radius 3 is 1.31 bits per heavy atom. The standard InChI is InChI=1S/C46H74O5/c1-3-5-7-9-11-13-15-17-18-19-20-21-22-23-24-25-26-27-28-29-31-33-35-37-39-41-46(49)51-44(42-47)43-50-45(48)40-38-36-34-32-30-16-14-12-10-8-6-4-2/h5,7,11-14,17-18,20-21,23-24,26-27,29,31,44,47H,3-4,6,8-10,15-16,19,22,25,28,30,32-43H2,1-2H3/b7-5-,13-11-,14-12-,18-17-,21-20-,24-23-,27-26-,31-29-. The zero-order chi connectivity index (χ0) is 37.1. The minimum Gasteiger partial charge on any atom is -0.462 e. The number of hydrogen-bond donors (Lipinski definition) is 1. The van der Waals surface area contributed by atoms with Crippen LogP contribution in [0.4, 0.5) is 0 Å². The zero-order valence-corrected chi connectivity index (χ0v) is 32.6. The molecule has 0 saturated carbocycles. The predicted octanol–water partition coefficient (Wildman–Crippen LogP) is 12.9. The topological polar surface area (TPSA) is 72.8 Å². The Morgan fingerprint density at radius 1 is 0.471 bits per heavy atom. The van der Waals surface area contributed by atoms with Crippen LogP contribution in [0.5, 0.6) is 0 Å². The van der Waals surface area contributed by atoms with E-state index in [0.29, 0.717) is 12.8 Å². The minimum absolute atomic E-state index is 0.0901. The number of aliphatic hydroxyl groups excluding tert-OH is 1. The monoisotopic (exact) mass is 707 g/mol. The van der Waals surface area contributed by atoms with Crippen molar-refractivity contribution in [2.45, 2.75) is 168 Å². The molecule has 0 aromatic heterocycles. The number of carbonyl (C=O) groups excluding carboxylic acids is 2. The van der Waals surface area contributed by atoms with E-state index in [4.69, 9.17) is 9.47 Å². The van der Waals surface area contributed by atoms with Crippen molar-refractivity contribution in [2.24, 2.45) is 0 Å². The van der Waals surface area contributed by atoms with Gasteiger partial charge in [-0.2, -0.15) is 0 Å². The molecule has 0 radical (unpaired) electrons. The Hall–Kier alpha value is -3.18. The van der Waals surface area contributed by atoms with E-state index in [1.807, 2.05) is 0 Å². The average molecular weight is 707 g/mol. The summed E-state index contributed by atoms with van der Waals surface area (Å²) in [5.41, 5.74) is 0. The molecule has 288 valence electrons. The quantitative estimate of drug-likeness (QED) is 0.0403. The van der Waals surface area contributed by atoms with Crippen LogP contribution in [0.15, 0.2) is 97.2 Å². The van der Waals surface area contributed by atoms with Crippen molar-refractivity contribution in [3.8, 4) is 0 Å². The third-order valence-corrected chi connectivity index (χ3v) is 8.11. The van der Waals surface area contributed by atoms with Gasteiger partial charge in [0.15, 0.2) is 6.10 Å². The van der Waals surface area contributed by atoms with Crippen LogP contribution < -0.4 is 0 Å². The Balaban J connectivity index is 3.70. The fourth-order valence-corrected chi connectivity index (χ4v) is 5.06. The number of carbonyl (C=O) groups is 2. The van der Waals surface area contributed by atoms with Crippen molar-refractivity contribution in [1.82, 2.24) is 0 Å². The molecule has 0 fully saturated rings. The SMILES string of the molecule is CC/C=C\C/C=C\C/C=C\C/C=C\C/C=C\C/C=C\C/C=C\CCCCCC(=O)OC(CO)COC(=O)CCCCCCC/C=C\CCCCC. The van der Waals surface area contributed by atoms with Crippen molar-refractivity contribution in [1.29, 1.82) is 0 Å². The molecule has 5 nitrogen and oxygen atoms in total. The molecule has 0 rings (SSSR count). The number of unbranched alkanes of at least 4 members (excludes halogenated alkanes) is 11. The highest BCUT2D eigenvalue weighted by atomic mass is 16.6. The lowest BCUT2D eigenvalue weighted by atomic mass is 10.1. The van der Waals surface area contributed by atoms with Gasteiger partial charge in [0.05, 0.1) is 6.61 Å². The van der Waals surface area contributed by atoms with Gasteiger partial charge in [0.25, 0.3) is 0 Å². The number of esters is 2. The maximum absolute atomic E-state index is 12.2. The summed E-state index contributed by atoms with van der Waals surface area (Å²) >= 11 is 0. The predicted molar refractivity (Wildman–Crippen MR) is 219 cm³/mol. The summed E-state index contributed by atoms with van der Waals surface area (Å²) in [5, 5.41) is 9.55. The molecule has 1 unspecified atom stereocenters. The molecule has 0 aromatic carbocycles. The Labute approximate surface area is 313 Å². The molecule has 5 heteroatoms. The second-order valence-electron chi connectivity index (χ2n) is 13.0. The maximum atomic E-state index is 12.2. The summed E-state index contributed by atoms with van der Waals surface area (Å²) in [6.45, 7) is 3.94. The molecule has 0 aliphatic heterocycles. The molecule has 0 heterocycles. The molecule has 0 aromatic rings. The first-order valence-corrected chi connectivity index (χ1v) is 20.3. The Kier molecular flexibility index (Phi) is 38.7. The molecule has 1 atom stereocenters. The fraction of sp³-hybridized carbons (Fsp3) is 0.609. The second kappa shape index (κ2) is 41.2. The van der Waals surface area contributed by atoms with Gasteiger partial charge in [0.1, 0.15) is 6.61 Å². The van der Waals surface area contributed by atoms with Crippen LogP contribution in [0.25, 0.3) is 0 Å². The molecule has 51 heavy (non-hydrogen) atoms. The molecular formula is C46H74O5. The summed E-state index contributed by atoms with van der Waals surface area (Å²) in [4.78, 5) is 24.2. The van der Waals surface area contributed by atoms with Crippen molar-refractivity contribution < 1.29 is 24.2 Å². The van der Waals surface area contributed by atoms with Gasteiger partial charge in [-0.05, 0) is 96.3 Å². The van der Waals surface area contributed by atoms with E-state index in [0.717, 1.165) is 96.3 Å². The van der Waals surface area contributed by atoms with E-state index in [-0.39, 0.29) is 25.2 Å². The van der Waals surface area contributed by atoms with Crippen LogP contribution in [0.2, 0.25) is 0 Å². The van der Waals surface area contributed by atoms with Gasteiger partial charge in [0, 0.05) is 12.8 Å². The Bertz CT molecular complexity index is 1030. The lowest BCUT2D eigenvalue weighted by Crippen LogP contribution is -2.28. The summed E-state index contributed by atoms with van der Waals surface area (Å²) in [6, 6.07) is 0. The van der Waals surface area contributed by atoms with E-state index < -0.39 is 6.10 Å². The first kappa shape index (κ1) is 47.8. The summed E-state index contributed by atoms with van der Waals surface area (Å²) in [6.07, 6.45) is 57.5. The fourth-order valence-electron chi connectivity index (χ4n) is 5.06. The van der Waals surface area contributed by atoms with Gasteiger partial charge >= 0.3 is 11.9 Å². The number of aliphatic hydroxyl groups is 1. The highest BCUT2D eigenvalue weighted by Crippen LogP contribution is 2.10. The minimum atomic E-state index is -0.798. The van der Waals surface area contributed by atoms with E-state index in [2.05, 4.69) is 111 Å². The molecular weight excluding hydrogens is 633 g/mol. The van der Waals surface area contributed by atoms with Crippen molar-refractivity contribution in [3.05, 3.63) is 97.2 Å². The van der Waals surface area contributed by atoms with E-state index >= 15 is 0 Å². The summed E-state index contributed by atoms with van der Waals surface area (Å²) < 4.78 is 10.6. The molecule has 0 spiro atoms. The van der Waals surface area contributed by atoms with Crippen LogP contribution in [0.1, 0.15) is 162 Å². The molecule has 0 saturated heterocycles. The Morgan fingerprint density at radius 2 is 0.843 bits per heavy atom. The lowest BCUT2D eigenvalue weighted by Gasteiger charge is -2.15. The average Bonchev–Trinajstić information content (AvgIpc) is 3.13. The van der Waals surface area contributed by atoms with Gasteiger partial charge in [-0.1, -0.05) is 150 Å². The highest BCUT2D eigenvalue weighted by Gasteiger charge is 2.16. The molecule has 0 aliphatic rings. The summed E-state index contributed by atoms with van der Waals surface area (Å²) in [7, 11) is 0. The summed E-state index contributed by atoms with van der Waals surface area (Å²) in [5.74, 6) is -0.650. The van der Waals surface area contributed by atoms with Crippen LogP contribution in [-0.2, 0) is 19.1 Å². The van der Waals surface area contributed by atoms with Crippen LogP contribution >= 0.6 is 0 Å². The van der Waals surface area contributed by atoms with Gasteiger partial charge in [0.2, 0.25) is 0 Å². The highest BCUT2D eigenvalue weighted by molar-refractivity contribution is 5.70. The smallest absolute Gasteiger partial charge is 0.306 e. The lowest BCUT2D eigenvalue weighted by molar-refractivity contribution is -0.161. The first-order valence-electron chi connectivity index (χ1n) is 20.3. The molecule has 0 aliphatic carbocycles. The molecule has 0 amide bonds. The number of allylic oxidation sites excluding steroid dienone is 16. The third kappa shape index (κ3) is 39.5. The zero-order valence-electron chi connectivity index (χ0n) is 32.6. The number of hydrogen-bond acceptors (Lipinski definition) is 5. The first-order chi connectivity index (χ1) is 25.1. The van der Waals surface area contributed by atoms with Crippen molar-refractivity contribution in [2.75, 3.05) is 13.2 Å². The number of rotatable bonds is 35. The molecule has 1 N–H and O–H groups in total. The van der Waals surface area contributed by atoms with Gasteiger partial charge in [-0.15, -0.1) is 0 Å². The number of ether oxygens (including phenoxy) is 2. The third-order valence-electron chi connectivity index (χ3n) is 8.11. The van der Waals surface area contributed by atoms with Crippen LogP contribution in [0, 0.1) is 0 Å². The van der Waals surface area contributed by atoms with Crippen molar-refractivity contribution in [3.63, 3.8) is 0 Å². The maximum Gasteiger partial charge on any atom is 0.306 e. The molecule has 0 bridgehead atoms. The van der Waals surface area contributed by atoms with Gasteiger partial charge in [-0.3, -0.25) is 9.59 Å². The van der Waals surface area contributed by atoms with E-state index in [1.54, 1.807) is 0 Å². The normalized spacial score (nSPS) is 13.2.